The highest BCUT2D eigenvalue weighted by atomic mass is 35.5. The Morgan fingerprint density at radius 2 is 2.00 bits per heavy atom. The SMILES string of the molecule is O=S(=O)(Nc1cccc2nsnc12)c1ccc(Cl)s1. The fourth-order valence-electron chi connectivity index (χ4n) is 1.53. The van der Waals surface area contributed by atoms with Gasteiger partial charge >= 0.3 is 0 Å². The maximum Gasteiger partial charge on any atom is 0.271 e. The average molecular weight is 332 g/mol. The van der Waals surface area contributed by atoms with E-state index in [-0.39, 0.29) is 4.21 Å². The molecule has 0 atom stereocenters. The molecule has 0 amide bonds. The summed E-state index contributed by atoms with van der Waals surface area (Å²) in [5.41, 5.74) is 1.61. The highest BCUT2D eigenvalue weighted by Crippen LogP contribution is 2.29. The second-order valence-electron chi connectivity index (χ2n) is 3.60. The van der Waals surface area contributed by atoms with E-state index in [9.17, 15) is 8.42 Å². The molecule has 0 aliphatic rings. The van der Waals surface area contributed by atoms with Gasteiger partial charge in [0.15, 0.2) is 0 Å². The first-order chi connectivity index (χ1) is 9.06. The van der Waals surface area contributed by atoms with Gasteiger partial charge in [-0.05, 0) is 24.3 Å². The number of aromatic nitrogens is 2. The van der Waals surface area contributed by atoms with Gasteiger partial charge in [0.1, 0.15) is 15.2 Å². The van der Waals surface area contributed by atoms with Crippen LogP contribution in [0.2, 0.25) is 4.34 Å². The molecular weight excluding hydrogens is 326 g/mol. The molecular formula is C10H6ClN3O2S3. The van der Waals surface area contributed by atoms with Gasteiger partial charge in [0.25, 0.3) is 10.0 Å². The lowest BCUT2D eigenvalue weighted by molar-refractivity contribution is 0.603. The first-order valence-electron chi connectivity index (χ1n) is 5.06. The van der Waals surface area contributed by atoms with Crippen molar-refractivity contribution in [3.63, 3.8) is 0 Å². The molecule has 2 heterocycles. The summed E-state index contributed by atoms with van der Waals surface area (Å²) < 4.78 is 35.6. The van der Waals surface area contributed by atoms with Gasteiger partial charge in [-0.1, -0.05) is 17.7 Å². The highest BCUT2D eigenvalue weighted by Gasteiger charge is 2.18. The third kappa shape index (κ3) is 2.44. The molecule has 19 heavy (non-hydrogen) atoms. The number of sulfonamides is 1. The second-order valence-corrected chi connectivity index (χ2v) is 7.75. The first-order valence-corrected chi connectivity index (χ1v) is 8.46. The van der Waals surface area contributed by atoms with E-state index in [1.165, 1.54) is 6.07 Å². The van der Waals surface area contributed by atoms with Crippen molar-refractivity contribution in [3.05, 3.63) is 34.7 Å². The summed E-state index contributed by atoms with van der Waals surface area (Å²) in [4.78, 5) is 0. The number of fused-ring (bicyclic) bond motifs is 1. The zero-order valence-corrected chi connectivity index (χ0v) is 12.4. The molecule has 5 nitrogen and oxygen atoms in total. The number of halogens is 1. The zero-order chi connectivity index (χ0) is 13.5. The van der Waals surface area contributed by atoms with Gasteiger partial charge in [-0.25, -0.2) is 8.42 Å². The van der Waals surface area contributed by atoms with E-state index < -0.39 is 10.0 Å². The molecule has 0 unspecified atom stereocenters. The van der Waals surface area contributed by atoms with Gasteiger partial charge in [-0.3, -0.25) is 4.72 Å². The quantitative estimate of drug-likeness (QED) is 0.800. The van der Waals surface area contributed by atoms with Gasteiger partial charge in [-0.15, -0.1) is 11.3 Å². The lowest BCUT2D eigenvalue weighted by Crippen LogP contribution is -2.11. The summed E-state index contributed by atoms with van der Waals surface area (Å²) in [5.74, 6) is 0. The van der Waals surface area contributed by atoms with Crippen LogP contribution in [0.4, 0.5) is 5.69 Å². The summed E-state index contributed by atoms with van der Waals surface area (Å²) in [5, 5.41) is 0. The number of nitrogens with one attached hydrogen (secondary N) is 1. The Labute approximate surface area is 122 Å². The van der Waals surface area contributed by atoms with E-state index in [2.05, 4.69) is 13.5 Å². The smallest absolute Gasteiger partial charge is 0.271 e. The largest absolute Gasteiger partial charge is 0.277 e. The second kappa shape index (κ2) is 4.71. The van der Waals surface area contributed by atoms with Crippen molar-refractivity contribution < 1.29 is 8.42 Å². The third-order valence-electron chi connectivity index (χ3n) is 2.34. The molecule has 98 valence electrons. The molecule has 0 bridgehead atoms. The number of thiophene rings is 1. The van der Waals surface area contributed by atoms with Gasteiger partial charge in [0.05, 0.1) is 21.8 Å². The maximum absolute atomic E-state index is 12.2. The topological polar surface area (TPSA) is 72.0 Å². The van der Waals surface area contributed by atoms with E-state index in [1.54, 1.807) is 24.3 Å². The van der Waals surface area contributed by atoms with Gasteiger partial charge < -0.3 is 0 Å². The molecule has 0 fully saturated rings. The fourth-order valence-corrected chi connectivity index (χ4v) is 4.62. The summed E-state index contributed by atoms with van der Waals surface area (Å²) in [6.45, 7) is 0. The predicted octanol–water partition coefficient (Wildman–Crippen LogP) is 3.21. The summed E-state index contributed by atoms with van der Waals surface area (Å²) in [7, 11) is -3.64. The molecule has 3 aromatic rings. The van der Waals surface area contributed by atoms with Crippen LogP contribution in [0, 0.1) is 0 Å². The molecule has 0 spiro atoms. The van der Waals surface area contributed by atoms with E-state index in [0.29, 0.717) is 21.1 Å². The number of rotatable bonds is 3. The van der Waals surface area contributed by atoms with Crippen molar-refractivity contribution in [3.8, 4) is 0 Å². The van der Waals surface area contributed by atoms with Crippen molar-refractivity contribution in [2.45, 2.75) is 4.21 Å². The molecule has 0 aliphatic carbocycles. The average Bonchev–Trinajstić information content (AvgIpc) is 2.97. The van der Waals surface area contributed by atoms with Crippen molar-refractivity contribution in [2.75, 3.05) is 4.72 Å². The zero-order valence-electron chi connectivity index (χ0n) is 9.20. The van der Waals surface area contributed by atoms with Crippen molar-refractivity contribution in [1.82, 2.24) is 8.75 Å². The molecule has 2 aromatic heterocycles. The Morgan fingerprint density at radius 3 is 2.74 bits per heavy atom. The van der Waals surface area contributed by atoms with E-state index >= 15 is 0 Å². The van der Waals surface area contributed by atoms with Crippen molar-refractivity contribution >= 4 is 61.4 Å². The first kappa shape index (κ1) is 12.8. The Balaban J connectivity index is 2.03. The Morgan fingerprint density at radius 1 is 1.16 bits per heavy atom. The predicted molar refractivity (Wildman–Crippen MR) is 77.6 cm³/mol. The normalized spacial score (nSPS) is 11.8. The molecule has 0 radical (unpaired) electrons. The highest BCUT2D eigenvalue weighted by molar-refractivity contribution is 7.94. The number of hydrogen-bond donors (Lipinski definition) is 1. The molecule has 0 aliphatic heterocycles. The molecule has 0 saturated heterocycles. The number of benzene rings is 1. The van der Waals surface area contributed by atoms with Crippen LogP contribution in [0.3, 0.4) is 0 Å². The lowest BCUT2D eigenvalue weighted by Gasteiger charge is -2.05. The van der Waals surface area contributed by atoms with E-state index in [1.807, 2.05) is 0 Å². The molecule has 1 aromatic carbocycles. The van der Waals surface area contributed by atoms with Crippen LogP contribution < -0.4 is 4.72 Å². The van der Waals surface area contributed by atoms with Crippen LogP contribution >= 0.6 is 34.7 Å². The maximum atomic E-state index is 12.2. The Kier molecular flexibility index (Phi) is 3.17. The molecule has 3 rings (SSSR count). The standard InChI is InChI=1S/C10H6ClN3O2S3/c11-8-4-5-9(17-8)19(15,16)14-7-3-1-2-6-10(7)13-18-12-6/h1-5,14H. The van der Waals surface area contributed by atoms with E-state index in [4.69, 9.17) is 11.6 Å². The van der Waals surface area contributed by atoms with Crippen LogP contribution in [0.5, 0.6) is 0 Å². The minimum Gasteiger partial charge on any atom is -0.277 e. The van der Waals surface area contributed by atoms with Crippen LogP contribution in [0.1, 0.15) is 0 Å². The lowest BCUT2D eigenvalue weighted by atomic mass is 10.3. The molecule has 0 saturated carbocycles. The Hall–Kier alpha value is -1.22. The van der Waals surface area contributed by atoms with Crippen molar-refractivity contribution in [1.29, 1.82) is 0 Å². The summed E-state index contributed by atoms with van der Waals surface area (Å²) in [6.07, 6.45) is 0. The van der Waals surface area contributed by atoms with Gasteiger partial charge in [0, 0.05) is 0 Å². The fraction of sp³-hybridized carbons (Fsp3) is 0. The molecule has 1 N–H and O–H groups in total. The number of anilines is 1. The number of hydrogen-bond acceptors (Lipinski definition) is 6. The van der Waals surface area contributed by atoms with Gasteiger partial charge in [0.2, 0.25) is 0 Å². The summed E-state index contributed by atoms with van der Waals surface area (Å²) in [6, 6.07) is 8.17. The minimum atomic E-state index is -3.64. The van der Waals surface area contributed by atoms with Crippen LogP contribution in [0.15, 0.2) is 34.5 Å². The van der Waals surface area contributed by atoms with Gasteiger partial charge in [-0.2, -0.15) is 8.75 Å². The minimum absolute atomic E-state index is 0.165. The molecule has 9 heteroatoms. The van der Waals surface area contributed by atoms with Crippen LogP contribution in [0.25, 0.3) is 11.0 Å². The third-order valence-corrected chi connectivity index (χ3v) is 5.97. The summed E-state index contributed by atoms with van der Waals surface area (Å²) >= 11 is 7.80. The van der Waals surface area contributed by atoms with Crippen LogP contribution in [-0.2, 0) is 10.0 Å². The Bertz CT molecular complexity index is 840. The van der Waals surface area contributed by atoms with E-state index in [0.717, 1.165) is 23.1 Å². The number of nitrogens with zero attached hydrogens (tertiary/aromatic N) is 2. The van der Waals surface area contributed by atoms with Crippen molar-refractivity contribution in [2.24, 2.45) is 0 Å². The van der Waals surface area contributed by atoms with Crippen LogP contribution in [-0.4, -0.2) is 17.2 Å². The monoisotopic (exact) mass is 331 g/mol.